The van der Waals surface area contributed by atoms with Crippen LogP contribution in [-0.4, -0.2) is 17.4 Å². The Hall–Kier alpha value is -3.12. The van der Waals surface area contributed by atoms with Crippen molar-refractivity contribution in [2.45, 2.75) is 12.8 Å². The second-order valence-corrected chi connectivity index (χ2v) is 10.4. The van der Waals surface area contributed by atoms with Crippen LogP contribution in [-0.2, 0) is 4.79 Å². The van der Waals surface area contributed by atoms with Crippen LogP contribution < -0.4 is 10.6 Å². The van der Waals surface area contributed by atoms with Gasteiger partial charge in [-0.3, -0.25) is 9.59 Å². The van der Waals surface area contributed by atoms with Crippen molar-refractivity contribution >= 4 is 56.4 Å². The van der Waals surface area contributed by atoms with Crippen LogP contribution in [0.25, 0.3) is 0 Å². The summed E-state index contributed by atoms with van der Waals surface area (Å²) >= 11 is 6.15. The molecule has 170 valence electrons. The third kappa shape index (κ3) is 5.33. The number of carbonyl (C=O) groups is 2. The Morgan fingerprint density at radius 1 is 1.12 bits per heavy atom. The average Bonchev–Trinajstić information content (AvgIpc) is 3.37. The zero-order chi connectivity index (χ0) is 24.1. The molecule has 1 amide bonds. The van der Waals surface area contributed by atoms with E-state index in [0.29, 0.717) is 33.1 Å². The largest absolute Gasteiger partial charge is 0.353 e. The molecule has 2 heterocycles. The van der Waals surface area contributed by atoms with Crippen LogP contribution in [0.5, 0.6) is 0 Å². The molecule has 0 aliphatic carbocycles. The number of amides is 1. The molecule has 3 aromatic rings. The Kier molecular flexibility index (Phi) is 7.68. The molecule has 0 bridgehead atoms. The van der Waals surface area contributed by atoms with Crippen molar-refractivity contribution in [1.29, 1.82) is 5.26 Å². The van der Waals surface area contributed by atoms with E-state index < -0.39 is 5.92 Å². The van der Waals surface area contributed by atoms with Crippen molar-refractivity contribution in [3.05, 3.63) is 109 Å². The van der Waals surface area contributed by atoms with E-state index >= 15 is 0 Å². The summed E-state index contributed by atoms with van der Waals surface area (Å²) in [6.07, 6.45) is 0. The summed E-state index contributed by atoms with van der Waals surface area (Å²) in [5.41, 5.74) is 2.87. The summed E-state index contributed by atoms with van der Waals surface area (Å²) in [4.78, 5) is 26.9. The lowest BCUT2D eigenvalue weighted by Crippen LogP contribution is -2.30. The van der Waals surface area contributed by atoms with Gasteiger partial charge >= 0.3 is 0 Å². The normalized spacial score (nSPS) is 15.5. The number of nitriles is 1. The van der Waals surface area contributed by atoms with Crippen LogP contribution >= 0.6 is 39.0 Å². The number of anilines is 1. The number of ketones is 1. The number of hydrogen-bond acceptors (Lipinski definition) is 6. The Labute approximate surface area is 214 Å². The van der Waals surface area contributed by atoms with Gasteiger partial charge in [0, 0.05) is 31.9 Å². The maximum absolute atomic E-state index is 13.3. The van der Waals surface area contributed by atoms with Crippen LogP contribution in [0.1, 0.15) is 28.1 Å². The summed E-state index contributed by atoms with van der Waals surface area (Å²) in [7, 11) is 0. The lowest BCUT2D eigenvalue weighted by Gasteiger charge is -2.29. The highest BCUT2D eigenvalue weighted by atomic mass is 79.9. The van der Waals surface area contributed by atoms with Gasteiger partial charge in [0.2, 0.25) is 0 Å². The van der Waals surface area contributed by atoms with Crippen molar-refractivity contribution in [2.75, 3.05) is 11.1 Å². The topological polar surface area (TPSA) is 82.0 Å². The van der Waals surface area contributed by atoms with E-state index in [1.165, 1.54) is 23.1 Å². The summed E-state index contributed by atoms with van der Waals surface area (Å²) in [6.45, 7) is 1.83. The third-order valence-electron chi connectivity index (χ3n) is 5.27. The number of hydrogen-bond donors (Lipinski definition) is 2. The fraction of sp³-hybridized carbons (Fsp3) is 0.115. The summed E-state index contributed by atoms with van der Waals surface area (Å²) < 4.78 is 0.904. The fourth-order valence-electron chi connectivity index (χ4n) is 3.64. The maximum Gasteiger partial charge on any atom is 0.254 e. The van der Waals surface area contributed by atoms with Gasteiger partial charge in [0.05, 0.1) is 28.3 Å². The van der Waals surface area contributed by atoms with E-state index in [4.69, 9.17) is 0 Å². The van der Waals surface area contributed by atoms with Crippen LogP contribution in [0, 0.1) is 11.3 Å². The molecular weight excluding hydrogens is 530 g/mol. The molecule has 2 aromatic carbocycles. The zero-order valence-electron chi connectivity index (χ0n) is 18.2. The molecule has 5 nitrogen and oxygen atoms in total. The Balaban J connectivity index is 1.63. The molecule has 0 fully saturated rings. The first-order valence-corrected chi connectivity index (χ1v) is 13.1. The van der Waals surface area contributed by atoms with Gasteiger partial charge in [0.25, 0.3) is 5.91 Å². The van der Waals surface area contributed by atoms with Gasteiger partial charge in [-0.1, -0.05) is 64.1 Å². The number of carbonyl (C=O) groups excluding carboxylic acids is 2. The minimum atomic E-state index is -0.514. The first-order chi connectivity index (χ1) is 16.5. The first kappa shape index (κ1) is 24.0. The maximum atomic E-state index is 13.3. The van der Waals surface area contributed by atoms with Crippen molar-refractivity contribution in [2.24, 2.45) is 0 Å². The number of Topliss-reactive ketones (excluding diaryl/α,β-unsaturated/α-hetero) is 1. The van der Waals surface area contributed by atoms with Gasteiger partial charge in [-0.2, -0.15) is 5.26 Å². The highest BCUT2D eigenvalue weighted by molar-refractivity contribution is 9.10. The van der Waals surface area contributed by atoms with Gasteiger partial charge in [0.1, 0.15) is 0 Å². The van der Waals surface area contributed by atoms with Gasteiger partial charge in [-0.25, -0.2) is 0 Å². The number of benzene rings is 2. The fourth-order valence-corrected chi connectivity index (χ4v) is 5.74. The van der Waals surface area contributed by atoms with Crippen LogP contribution in [0.2, 0.25) is 0 Å². The Morgan fingerprint density at radius 3 is 2.50 bits per heavy atom. The predicted octanol–water partition coefficient (Wildman–Crippen LogP) is 6.46. The quantitative estimate of drug-likeness (QED) is 0.330. The van der Waals surface area contributed by atoms with E-state index in [1.807, 2.05) is 66.9 Å². The Bertz CT molecular complexity index is 1310. The summed E-state index contributed by atoms with van der Waals surface area (Å²) in [5.74, 6) is -0.644. The molecule has 0 saturated carbocycles. The van der Waals surface area contributed by atoms with Crippen molar-refractivity contribution < 1.29 is 9.59 Å². The number of thiophene rings is 1. The molecule has 34 heavy (non-hydrogen) atoms. The van der Waals surface area contributed by atoms with Gasteiger partial charge in [-0.15, -0.1) is 11.3 Å². The second-order valence-electron chi connectivity index (χ2n) is 7.51. The van der Waals surface area contributed by atoms with E-state index in [9.17, 15) is 14.9 Å². The van der Waals surface area contributed by atoms with Crippen LogP contribution in [0.4, 0.5) is 5.69 Å². The summed E-state index contributed by atoms with van der Waals surface area (Å²) in [5, 5.41) is 18.8. The first-order valence-electron chi connectivity index (χ1n) is 10.4. The molecule has 8 heteroatoms. The van der Waals surface area contributed by atoms with E-state index in [-0.39, 0.29) is 17.4 Å². The van der Waals surface area contributed by atoms with Crippen LogP contribution in [0.15, 0.2) is 98.5 Å². The number of dihydropyridines is 1. The van der Waals surface area contributed by atoms with Crippen molar-refractivity contribution in [3.8, 4) is 6.07 Å². The molecule has 0 radical (unpaired) electrons. The molecule has 1 unspecified atom stereocenters. The van der Waals surface area contributed by atoms with E-state index in [2.05, 4.69) is 32.6 Å². The van der Waals surface area contributed by atoms with Crippen molar-refractivity contribution in [1.82, 2.24) is 5.32 Å². The average molecular weight is 551 g/mol. The molecule has 1 aliphatic rings. The molecular formula is C26H20BrN3O2S2. The number of rotatable bonds is 7. The van der Waals surface area contributed by atoms with Gasteiger partial charge in [-0.05, 0) is 42.6 Å². The molecule has 1 aliphatic heterocycles. The van der Waals surface area contributed by atoms with E-state index in [1.54, 1.807) is 12.1 Å². The lowest BCUT2D eigenvalue weighted by atomic mass is 9.86. The van der Waals surface area contributed by atoms with Gasteiger partial charge < -0.3 is 10.6 Å². The molecule has 1 atom stereocenters. The van der Waals surface area contributed by atoms with E-state index in [0.717, 1.165) is 9.35 Å². The minimum Gasteiger partial charge on any atom is -0.353 e. The summed E-state index contributed by atoms with van der Waals surface area (Å²) in [6, 6.07) is 22.6. The van der Waals surface area contributed by atoms with Crippen LogP contribution in [0.3, 0.4) is 0 Å². The van der Waals surface area contributed by atoms with Crippen molar-refractivity contribution in [3.63, 3.8) is 0 Å². The number of allylic oxidation sites excluding steroid dienone is 2. The highest BCUT2D eigenvalue weighted by Crippen LogP contribution is 2.42. The smallest absolute Gasteiger partial charge is 0.254 e. The molecule has 0 spiro atoms. The lowest BCUT2D eigenvalue weighted by molar-refractivity contribution is -0.113. The standard InChI is InChI=1S/C26H20BrN3O2S2/c1-16-23(25(32)30-19-6-3-2-4-7-19)24(22-8-5-13-33-22)20(14-28)26(29-16)34-15-21(31)17-9-11-18(27)12-10-17/h2-13,24,29H,15H2,1H3,(H,30,32). The molecule has 1 aromatic heterocycles. The molecule has 4 rings (SSSR count). The monoisotopic (exact) mass is 549 g/mol. The number of para-hydroxylation sites is 1. The number of nitrogens with zero attached hydrogens (tertiary/aromatic N) is 1. The van der Waals surface area contributed by atoms with Gasteiger partial charge in [0.15, 0.2) is 5.78 Å². The highest BCUT2D eigenvalue weighted by Gasteiger charge is 2.35. The molecule has 0 saturated heterocycles. The molecule has 2 N–H and O–H groups in total. The zero-order valence-corrected chi connectivity index (χ0v) is 21.4. The third-order valence-corrected chi connectivity index (χ3v) is 7.75. The number of nitrogens with one attached hydrogen (secondary N) is 2. The Morgan fingerprint density at radius 2 is 1.85 bits per heavy atom. The minimum absolute atomic E-state index is 0.0361. The predicted molar refractivity (Wildman–Crippen MR) is 142 cm³/mol. The number of thioether (sulfide) groups is 1. The second kappa shape index (κ2) is 10.9. The number of halogens is 1. The SMILES string of the molecule is CC1=C(C(=O)Nc2ccccc2)C(c2cccs2)C(C#N)=C(SCC(=O)c2ccc(Br)cc2)N1.